The first-order chi connectivity index (χ1) is 8.63. The molecule has 96 valence electrons. The highest BCUT2D eigenvalue weighted by Crippen LogP contribution is 2.25. The Kier molecular flexibility index (Phi) is 4.22. The highest BCUT2D eigenvalue weighted by molar-refractivity contribution is 7.13. The monoisotopic (exact) mass is 267 g/mol. The van der Waals surface area contributed by atoms with Gasteiger partial charge in [0.25, 0.3) is 5.19 Å². The highest BCUT2D eigenvalue weighted by atomic mass is 32.1. The molecule has 0 saturated carbocycles. The summed E-state index contributed by atoms with van der Waals surface area (Å²) in [6.07, 6.45) is 0. The van der Waals surface area contributed by atoms with Gasteiger partial charge in [0.05, 0.1) is 6.54 Å². The molecule has 0 fully saturated rings. The SMILES string of the molecule is CC(C)NCc1nnc(Oc2cccc(F)c2)s1. The van der Waals surface area contributed by atoms with Crippen molar-refractivity contribution in [1.29, 1.82) is 0 Å². The summed E-state index contributed by atoms with van der Waals surface area (Å²) in [6, 6.07) is 6.34. The Bertz CT molecular complexity index is 516. The number of nitrogens with zero attached hydrogens (tertiary/aromatic N) is 2. The number of ether oxygens (including phenoxy) is 1. The molecule has 0 amide bonds. The van der Waals surface area contributed by atoms with Crippen LogP contribution in [0.1, 0.15) is 18.9 Å². The first-order valence-corrected chi connectivity index (χ1v) is 6.44. The lowest BCUT2D eigenvalue weighted by atomic mass is 10.3. The third-order valence-corrected chi connectivity index (χ3v) is 2.91. The van der Waals surface area contributed by atoms with E-state index in [0.29, 0.717) is 23.5 Å². The van der Waals surface area contributed by atoms with Crippen LogP contribution in [0.4, 0.5) is 4.39 Å². The van der Waals surface area contributed by atoms with Crippen LogP contribution >= 0.6 is 11.3 Å². The molecule has 6 heteroatoms. The van der Waals surface area contributed by atoms with Crippen LogP contribution in [0, 0.1) is 5.82 Å². The lowest BCUT2D eigenvalue weighted by Crippen LogP contribution is -2.21. The fourth-order valence-electron chi connectivity index (χ4n) is 1.27. The maximum Gasteiger partial charge on any atom is 0.299 e. The van der Waals surface area contributed by atoms with Crippen molar-refractivity contribution in [2.75, 3.05) is 0 Å². The molecular weight excluding hydrogens is 253 g/mol. The minimum absolute atomic E-state index is 0.335. The Hall–Kier alpha value is -1.53. The number of hydrogen-bond acceptors (Lipinski definition) is 5. The van der Waals surface area contributed by atoms with Gasteiger partial charge in [0.15, 0.2) is 0 Å². The summed E-state index contributed by atoms with van der Waals surface area (Å²) in [4.78, 5) is 0. The summed E-state index contributed by atoms with van der Waals surface area (Å²) in [6.45, 7) is 4.78. The van der Waals surface area contributed by atoms with Gasteiger partial charge in [0, 0.05) is 12.1 Å². The summed E-state index contributed by atoms with van der Waals surface area (Å²) >= 11 is 1.35. The van der Waals surface area contributed by atoms with Crippen LogP contribution in [0.3, 0.4) is 0 Å². The Morgan fingerprint density at radius 3 is 2.94 bits per heavy atom. The molecule has 1 aromatic heterocycles. The fourth-order valence-corrected chi connectivity index (χ4v) is 1.93. The van der Waals surface area contributed by atoms with Gasteiger partial charge in [-0.3, -0.25) is 0 Å². The van der Waals surface area contributed by atoms with Gasteiger partial charge in [-0.05, 0) is 12.1 Å². The Morgan fingerprint density at radius 1 is 1.39 bits per heavy atom. The van der Waals surface area contributed by atoms with E-state index in [-0.39, 0.29) is 5.82 Å². The van der Waals surface area contributed by atoms with Crippen molar-refractivity contribution in [3.8, 4) is 10.9 Å². The van der Waals surface area contributed by atoms with Crippen LogP contribution in [0.15, 0.2) is 24.3 Å². The van der Waals surface area contributed by atoms with Crippen molar-refractivity contribution in [2.24, 2.45) is 0 Å². The number of aromatic nitrogens is 2. The molecule has 18 heavy (non-hydrogen) atoms. The molecule has 4 nitrogen and oxygen atoms in total. The van der Waals surface area contributed by atoms with E-state index in [2.05, 4.69) is 29.4 Å². The van der Waals surface area contributed by atoms with Gasteiger partial charge in [0.1, 0.15) is 16.6 Å². The Balaban J connectivity index is 1.98. The zero-order valence-electron chi connectivity index (χ0n) is 10.2. The summed E-state index contributed by atoms with van der Waals surface area (Å²) in [5, 5.41) is 12.4. The van der Waals surface area contributed by atoms with Crippen LogP contribution in [-0.4, -0.2) is 16.2 Å². The standard InChI is InChI=1S/C12H14FN3OS/c1-8(2)14-7-11-15-16-12(18-11)17-10-5-3-4-9(13)6-10/h3-6,8,14H,7H2,1-2H3. The van der Waals surface area contributed by atoms with Crippen molar-refractivity contribution in [3.05, 3.63) is 35.1 Å². The molecule has 2 aromatic rings. The van der Waals surface area contributed by atoms with Crippen molar-refractivity contribution in [2.45, 2.75) is 26.4 Å². The fraction of sp³-hybridized carbons (Fsp3) is 0.333. The molecule has 0 aliphatic rings. The molecule has 0 unspecified atom stereocenters. The van der Waals surface area contributed by atoms with Gasteiger partial charge < -0.3 is 10.1 Å². The van der Waals surface area contributed by atoms with Gasteiger partial charge >= 0.3 is 0 Å². The van der Waals surface area contributed by atoms with Gasteiger partial charge in [0.2, 0.25) is 0 Å². The smallest absolute Gasteiger partial charge is 0.299 e. The third kappa shape index (κ3) is 3.75. The van der Waals surface area contributed by atoms with E-state index in [9.17, 15) is 4.39 Å². The normalized spacial score (nSPS) is 10.9. The third-order valence-electron chi connectivity index (χ3n) is 2.11. The van der Waals surface area contributed by atoms with Crippen molar-refractivity contribution >= 4 is 11.3 Å². The van der Waals surface area contributed by atoms with Crippen molar-refractivity contribution in [3.63, 3.8) is 0 Å². The molecule has 0 bridgehead atoms. The first kappa shape index (κ1) is 12.9. The van der Waals surface area contributed by atoms with Crippen LogP contribution in [0.5, 0.6) is 10.9 Å². The number of rotatable bonds is 5. The lowest BCUT2D eigenvalue weighted by molar-refractivity contribution is 0.467. The minimum Gasteiger partial charge on any atom is -0.430 e. The van der Waals surface area contributed by atoms with Gasteiger partial charge in [-0.2, -0.15) is 0 Å². The minimum atomic E-state index is -0.335. The van der Waals surface area contributed by atoms with E-state index in [1.807, 2.05) is 0 Å². The van der Waals surface area contributed by atoms with Gasteiger partial charge in [-0.15, -0.1) is 5.10 Å². The van der Waals surface area contributed by atoms with Crippen LogP contribution < -0.4 is 10.1 Å². The zero-order chi connectivity index (χ0) is 13.0. The van der Waals surface area contributed by atoms with E-state index < -0.39 is 0 Å². The van der Waals surface area contributed by atoms with Gasteiger partial charge in [-0.25, -0.2) is 4.39 Å². The predicted molar refractivity (Wildman–Crippen MR) is 68.4 cm³/mol. The number of hydrogen-bond donors (Lipinski definition) is 1. The summed E-state index contributed by atoms with van der Waals surface area (Å²) in [7, 11) is 0. The summed E-state index contributed by atoms with van der Waals surface area (Å²) < 4.78 is 18.4. The zero-order valence-corrected chi connectivity index (χ0v) is 11.0. The Morgan fingerprint density at radius 2 is 2.22 bits per heavy atom. The van der Waals surface area contributed by atoms with E-state index in [4.69, 9.17) is 4.74 Å². The maximum absolute atomic E-state index is 13.0. The molecule has 0 aliphatic carbocycles. The second-order valence-corrected chi connectivity index (χ2v) is 5.08. The number of halogens is 1. The topological polar surface area (TPSA) is 47.0 Å². The molecule has 0 radical (unpaired) electrons. The van der Waals surface area contributed by atoms with Crippen LogP contribution in [0.25, 0.3) is 0 Å². The average molecular weight is 267 g/mol. The molecule has 0 saturated heterocycles. The van der Waals surface area contributed by atoms with E-state index >= 15 is 0 Å². The molecule has 0 atom stereocenters. The molecular formula is C12H14FN3OS. The largest absolute Gasteiger partial charge is 0.430 e. The second-order valence-electron chi connectivity index (χ2n) is 4.06. The van der Waals surface area contributed by atoms with E-state index in [0.717, 1.165) is 5.01 Å². The molecule has 0 aliphatic heterocycles. The summed E-state index contributed by atoms with van der Waals surface area (Å²) in [5.74, 6) is 0.0910. The number of nitrogens with one attached hydrogen (secondary N) is 1. The quantitative estimate of drug-likeness (QED) is 0.904. The summed E-state index contributed by atoms with van der Waals surface area (Å²) in [5.41, 5.74) is 0. The highest BCUT2D eigenvalue weighted by Gasteiger charge is 2.07. The molecule has 1 N–H and O–H groups in total. The van der Waals surface area contributed by atoms with E-state index in [1.54, 1.807) is 12.1 Å². The van der Waals surface area contributed by atoms with Crippen molar-refractivity contribution < 1.29 is 9.13 Å². The van der Waals surface area contributed by atoms with E-state index in [1.165, 1.54) is 23.5 Å². The molecule has 0 spiro atoms. The predicted octanol–water partition coefficient (Wildman–Crippen LogP) is 2.97. The number of benzene rings is 1. The first-order valence-electron chi connectivity index (χ1n) is 5.62. The molecule has 1 heterocycles. The van der Waals surface area contributed by atoms with Crippen LogP contribution in [0.2, 0.25) is 0 Å². The average Bonchev–Trinajstić information content (AvgIpc) is 2.74. The second kappa shape index (κ2) is 5.88. The van der Waals surface area contributed by atoms with Crippen molar-refractivity contribution in [1.82, 2.24) is 15.5 Å². The van der Waals surface area contributed by atoms with Crippen LogP contribution in [-0.2, 0) is 6.54 Å². The maximum atomic E-state index is 13.0. The molecule has 2 rings (SSSR count). The van der Waals surface area contributed by atoms with Gasteiger partial charge in [-0.1, -0.05) is 36.3 Å². The molecule has 1 aromatic carbocycles. The Labute approximate surface area is 109 Å². The lowest BCUT2D eigenvalue weighted by Gasteiger charge is -2.03.